The lowest BCUT2D eigenvalue weighted by molar-refractivity contribution is -0.145. The maximum absolute atomic E-state index is 12.6. The molecule has 34 heavy (non-hydrogen) atoms. The van der Waals surface area contributed by atoms with E-state index in [1.54, 1.807) is 13.0 Å². The van der Waals surface area contributed by atoms with Gasteiger partial charge in [-0.25, -0.2) is 9.59 Å². The molecule has 0 amide bonds. The highest BCUT2D eigenvalue weighted by atomic mass is 16.6. The fourth-order valence-electron chi connectivity index (χ4n) is 4.22. The largest absolute Gasteiger partial charge is 0.481 e. The van der Waals surface area contributed by atoms with Crippen molar-refractivity contribution in [1.29, 1.82) is 0 Å². The summed E-state index contributed by atoms with van der Waals surface area (Å²) in [7, 11) is 0. The summed E-state index contributed by atoms with van der Waals surface area (Å²) in [6, 6.07) is 13.3. The van der Waals surface area contributed by atoms with Gasteiger partial charge in [-0.1, -0.05) is 36.4 Å². The van der Waals surface area contributed by atoms with Crippen molar-refractivity contribution < 1.29 is 23.4 Å². The molecule has 0 atom stereocenters. The van der Waals surface area contributed by atoms with Crippen molar-refractivity contribution >= 4 is 16.9 Å². The molecule has 1 aliphatic heterocycles. The van der Waals surface area contributed by atoms with Crippen LogP contribution in [0.1, 0.15) is 18.1 Å². The lowest BCUT2D eigenvalue weighted by atomic mass is 9.95. The van der Waals surface area contributed by atoms with Gasteiger partial charge in [0.25, 0.3) is 0 Å². The number of nitrogens with zero attached hydrogens (tertiary/aromatic N) is 1. The lowest BCUT2D eigenvalue weighted by Gasteiger charge is -2.28. The van der Waals surface area contributed by atoms with Crippen molar-refractivity contribution in [2.75, 3.05) is 39.5 Å². The van der Waals surface area contributed by atoms with Crippen LogP contribution in [0.15, 0.2) is 64.3 Å². The summed E-state index contributed by atoms with van der Waals surface area (Å²) in [5.41, 5.74) is 3.29. The van der Waals surface area contributed by atoms with Gasteiger partial charge >= 0.3 is 11.6 Å². The standard InChI is InChI=1S/C27H29NO6/c1-3-8-21-26(33-18-25(30)32-4-2)20(17-28-11-13-31-14-12-28)15-23-22(16-24(29)34-27(21)23)19-9-6-5-7-10-19/h3,5-7,9-10,15-16H,1,4,8,11-14,17-18H2,2H3. The van der Waals surface area contributed by atoms with Gasteiger partial charge in [-0.15, -0.1) is 6.58 Å². The minimum atomic E-state index is -0.455. The number of rotatable bonds is 9. The van der Waals surface area contributed by atoms with Crippen LogP contribution in [-0.2, 0) is 27.2 Å². The number of esters is 1. The first-order valence-electron chi connectivity index (χ1n) is 11.5. The third-order valence-electron chi connectivity index (χ3n) is 5.73. The predicted octanol–water partition coefficient (Wildman–Crippen LogP) is 3.96. The smallest absolute Gasteiger partial charge is 0.344 e. The van der Waals surface area contributed by atoms with Crippen LogP contribution < -0.4 is 10.4 Å². The Morgan fingerprint density at radius 3 is 2.65 bits per heavy atom. The molecule has 4 rings (SSSR count). The Morgan fingerprint density at radius 1 is 1.18 bits per heavy atom. The number of ether oxygens (including phenoxy) is 3. The molecule has 1 saturated heterocycles. The highest BCUT2D eigenvalue weighted by Gasteiger charge is 2.22. The highest BCUT2D eigenvalue weighted by molar-refractivity contribution is 5.96. The van der Waals surface area contributed by atoms with Crippen molar-refractivity contribution in [3.8, 4) is 16.9 Å². The number of fused-ring (bicyclic) bond motifs is 1. The summed E-state index contributed by atoms with van der Waals surface area (Å²) in [5, 5.41) is 0.814. The van der Waals surface area contributed by atoms with E-state index in [4.69, 9.17) is 18.6 Å². The first kappa shape index (κ1) is 23.7. The number of carbonyl (C=O) groups excluding carboxylic acids is 1. The van der Waals surface area contributed by atoms with Gasteiger partial charge in [0.1, 0.15) is 11.3 Å². The Kier molecular flexibility index (Phi) is 7.77. The molecule has 0 radical (unpaired) electrons. The zero-order valence-corrected chi connectivity index (χ0v) is 19.4. The molecular weight excluding hydrogens is 434 g/mol. The van der Waals surface area contributed by atoms with Gasteiger partial charge in [0, 0.05) is 42.2 Å². The molecule has 0 bridgehead atoms. The van der Waals surface area contributed by atoms with Crippen LogP contribution in [0.25, 0.3) is 22.1 Å². The lowest BCUT2D eigenvalue weighted by Crippen LogP contribution is -2.35. The molecule has 1 fully saturated rings. The zero-order chi connectivity index (χ0) is 23.9. The van der Waals surface area contributed by atoms with Crippen LogP contribution >= 0.6 is 0 Å². The van der Waals surface area contributed by atoms with E-state index in [0.717, 1.165) is 35.2 Å². The molecular formula is C27H29NO6. The maximum atomic E-state index is 12.6. The second kappa shape index (κ2) is 11.1. The number of hydrogen-bond acceptors (Lipinski definition) is 7. The number of allylic oxidation sites excluding steroid dienone is 1. The quantitative estimate of drug-likeness (QED) is 0.270. The summed E-state index contributed by atoms with van der Waals surface area (Å²) >= 11 is 0. The molecule has 7 heteroatoms. The van der Waals surface area contributed by atoms with Gasteiger partial charge in [0.05, 0.1) is 19.8 Å². The third kappa shape index (κ3) is 5.38. The number of morpholine rings is 1. The Balaban J connectivity index is 1.90. The summed E-state index contributed by atoms with van der Waals surface area (Å²) < 4.78 is 22.3. The first-order valence-corrected chi connectivity index (χ1v) is 11.5. The molecule has 0 unspecified atom stereocenters. The van der Waals surface area contributed by atoms with Gasteiger partial charge in [0.15, 0.2) is 6.61 Å². The SMILES string of the molecule is C=CCc1c(OCC(=O)OCC)c(CN2CCOCC2)cc2c(-c3ccccc3)cc(=O)oc12. The molecule has 0 spiro atoms. The zero-order valence-electron chi connectivity index (χ0n) is 19.4. The van der Waals surface area contributed by atoms with E-state index in [1.807, 2.05) is 36.4 Å². The fourth-order valence-corrected chi connectivity index (χ4v) is 4.22. The minimum absolute atomic E-state index is 0.234. The van der Waals surface area contributed by atoms with E-state index in [1.165, 1.54) is 6.07 Å². The monoisotopic (exact) mass is 463 g/mol. The topological polar surface area (TPSA) is 78.2 Å². The van der Waals surface area contributed by atoms with Gasteiger partial charge in [-0.3, -0.25) is 4.90 Å². The highest BCUT2D eigenvalue weighted by Crippen LogP contribution is 2.38. The van der Waals surface area contributed by atoms with Crippen molar-refractivity contribution in [2.24, 2.45) is 0 Å². The molecule has 2 aromatic carbocycles. The average Bonchev–Trinajstić information content (AvgIpc) is 2.85. The second-order valence-corrected chi connectivity index (χ2v) is 8.04. The van der Waals surface area contributed by atoms with E-state index in [-0.39, 0.29) is 13.2 Å². The molecule has 7 nitrogen and oxygen atoms in total. The van der Waals surface area contributed by atoms with Crippen LogP contribution in [0.2, 0.25) is 0 Å². The third-order valence-corrected chi connectivity index (χ3v) is 5.73. The van der Waals surface area contributed by atoms with E-state index in [0.29, 0.717) is 43.1 Å². The number of carbonyl (C=O) groups is 1. The normalized spacial score (nSPS) is 14.1. The summed E-state index contributed by atoms with van der Waals surface area (Å²) in [6.07, 6.45) is 2.15. The molecule has 0 aliphatic carbocycles. The Labute approximate surface area is 198 Å². The van der Waals surface area contributed by atoms with Gasteiger partial charge in [-0.05, 0) is 30.5 Å². The van der Waals surface area contributed by atoms with Crippen molar-refractivity contribution in [3.63, 3.8) is 0 Å². The molecule has 1 aliphatic rings. The first-order chi connectivity index (χ1) is 16.6. The van der Waals surface area contributed by atoms with Crippen LogP contribution in [0.4, 0.5) is 0 Å². The predicted molar refractivity (Wildman–Crippen MR) is 130 cm³/mol. The summed E-state index contributed by atoms with van der Waals surface area (Å²) in [4.78, 5) is 26.9. The Hall–Kier alpha value is -3.42. The van der Waals surface area contributed by atoms with E-state index in [9.17, 15) is 9.59 Å². The van der Waals surface area contributed by atoms with Crippen LogP contribution in [-0.4, -0.2) is 50.4 Å². The average molecular weight is 464 g/mol. The van der Waals surface area contributed by atoms with Gasteiger partial charge < -0.3 is 18.6 Å². The molecule has 0 saturated carbocycles. The summed E-state index contributed by atoms with van der Waals surface area (Å²) in [6.45, 7) is 9.19. The van der Waals surface area contributed by atoms with Crippen LogP contribution in [0.5, 0.6) is 5.75 Å². The van der Waals surface area contributed by atoms with Crippen LogP contribution in [0, 0.1) is 0 Å². The Morgan fingerprint density at radius 2 is 1.94 bits per heavy atom. The van der Waals surface area contributed by atoms with Crippen LogP contribution in [0.3, 0.4) is 0 Å². The minimum Gasteiger partial charge on any atom is -0.481 e. The number of hydrogen-bond donors (Lipinski definition) is 0. The van der Waals surface area contributed by atoms with E-state index in [2.05, 4.69) is 11.5 Å². The van der Waals surface area contributed by atoms with Crippen molar-refractivity contribution in [3.05, 3.63) is 76.7 Å². The molecule has 3 aromatic rings. The van der Waals surface area contributed by atoms with E-state index >= 15 is 0 Å². The molecule has 0 N–H and O–H groups in total. The van der Waals surface area contributed by atoms with E-state index < -0.39 is 11.6 Å². The molecule has 2 heterocycles. The maximum Gasteiger partial charge on any atom is 0.344 e. The molecule has 1 aromatic heterocycles. The van der Waals surface area contributed by atoms with Gasteiger partial charge in [0.2, 0.25) is 0 Å². The summed E-state index contributed by atoms with van der Waals surface area (Å²) in [5.74, 6) is 0.0734. The van der Waals surface area contributed by atoms with Crippen molar-refractivity contribution in [1.82, 2.24) is 4.90 Å². The van der Waals surface area contributed by atoms with Crippen molar-refractivity contribution in [2.45, 2.75) is 19.9 Å². The number of benzene rings is 2. The van der Waals surface area contributed by atoms with Gasteiger partial charge in [-0.2, -0.15) is 0 Å². The second-order valence-electron chi connectivity index (χ2n) is 8.04. The molecule has 178 valence electrons. The Bertz CT molecular complexity index is 1210. The fraction of sp³-hybridized carbons (Fsp3) is 0.333.